The number of likely N-dealkylation sites (tertiary alicyclic amines) is 1. The molecule has 0 aromatic heterocycles. The lowest BCUT2D eigenvalue weighted by atomic mass is 9.90. The normalized spacial score (nSPS) is 22.5. The van der Waals surface area contributed by atoms with Crippen LogP contribution in [0.4, 0.5) is 0 Å². The monoisotopic (exact) mass is 200 g/mol. The van der Waals surface area contributed by atoms with Gasteiger partial charge in [-0.25, -0.2) is 0 Å². The number of aliphatic hydroxyl groups excluding tert-OH is 1. The molecule has 0 aromatic rings. The predicted molar refractivity (Wildman–Crippen MR) is 59.4 cm³/mol. The molecule has 1 rings (SSSR count). The summed E-state index contributed by atoms with van der Waals surface area (Å²) in [5, 5.41) is 12.1. The number of hydrogen-bond donors (Lipinski definition) is 2. The fourth-order valence-electron chi connectivity index (χ4n) is 2.23. The zero-order valence-corrected chi connectivity index (χ0v) is 9.50. The summed E-state index contributed by atoms with van der Waals surface area (Å²) in [6, 6.07) is 0.557. The Morgan fingerprint density at radius 3 is 2.57 bits per heavy atom. The van der Waals surface area contributed by atoms with Crippen LogP contribution in [0, 0.1) is 5.92 Å². The van der Waals surface area contributed by atoms with Crippen LogP contribution in [0.2, 0.25) is 0 Å². The van der Waals surface area contributed by atoms with E-state index >= 15 is 0 Å². The van der Waals surface area contributed by atoms with Gasteiger partial charge in [-0.1, -0.05) is 6.92 Å². The van der Waals surface area contributed by atoms with Crippen LogP contribution in [-0.2, 0) is 0 Å². The second-order valence-electron chi connectivity index (χ2n) is 4.24. The summed E-state index contributed by atoms with van der Waals surface area (Å²) in [5.41, 5.74) is 0. The molecule has 1 unspecified atom stereocenters. The molecule has 1 aliphatic rings. The highest BCUT2D eigenvalue weighted by Crippen LogP contribution is 2.20. The topological polar surface area (TPSA) is 35.5 Å². The Kier molecular flexibility index (Phi) is 5.45. The van der Waals surface area contributed by atoms with Gasteiger partial charge in [0.2, 0.25) is 0 Å². The van der Waals surface area contributed by atoms with E-state index in [1.165, 1.54) is 32.5 Å². The van der Waals surface area contributed by atoms with Crippen LogP contribution < -0.4 is 5.32 Å². The van der Waals surface area contributed by atoms with E-state index in [0.29, 0.717) is 6.04 Å². The van der Waals surface area contributed by atoms with E-state index in [4.69, 9.17) is 5.11 Å². The molecule has 0 bridgehead atoms. The summed E-state index contributed by atoms with van der Waals surface area (Å²) < 4.78 is 0. The first-order valence-electron chi connectivity index (χ1n) is 5.84. The van der Waals surface area contributed by atoms with Gasteiger partial charge < -0.3 is 15.3 Å². The first kappa shape index (κ1) is 12.0. The lowest BCUT2D eigenvalue weighted by molar-refractivity contribution is 0.165. The highest BCUT2D eigenvalue weighted by atomic mass is 16.3. The Balaban J connectivity index is 2.19. The fourth-order valence-corrected chi connectivity index (χ4v) is 2.23. The van der Waals surface area contributed by atoms with Gasteiger partial charge in [-0.2, -0.15) is 0 Å². The van der Waals surface area contributed by atoms with Crippen molar-refractivity contribution in [2.24, 2.45) is 5.92 Å². The van der Waals surface area contributed by atoms with Crippen molar-refractivity contribution in [3.8, 4) is 0 Å². The Morgan fingerprint density at radius 1 is 1.43 bits per heavy atom. The molecule has 0 aromatic carbocycles. The van der Waals surface area contributed by atoms with E-state index < -0.39 is 0 Å². The van der Waals surface area contributed by atoms with Crippen molar-refractivity contribution in [3.63, 3.8) is 0 Å². The molecule has 0 amide bonds. The maximum Gasteiger partial charge on any atom is 0.0556 e. The van der Waals surface area contributed by atoms with Crippen LogP contribution >= 0.6 is 0 Å². The molecule has 0 saturated carbocycles. The highest BCUT2D eigenvalue weighted by molar-refractivity contribution is 4.78. The Bertz CT molecular complexity index is 144. The van der Waals surface area contributed by atoms with Crippen LogP contribution in [0.3, 0.4) is 0 Å². The molecule has 1 aliphatic heterocycles. The molecule has 1 saturated heterocycles. The minimum absolute atomic E-state index is 0.248. The molecule has 2 N–H and O–H groups in total. The summed E-state index contributed by atoms with van der Waals surface area (Å²) >= 11 is 0. The Labute approximate surface area is 87.5 Å². The zero-order valence-electron chi connectivity index (χ0n) is 9.50. The molecule has 3 heteroatoms. The van der Waals surface area contributed by atoms with E-state index in [9.17, 15) is 0 Å². The molecule has 0 spiro atoms. The van der Waals surface area contributed by atoms with Gasteiger partial charge in [0.15, 0.2) is 0 Å². The van der Waals surface area contributed by atoms with Gasteiger partial charge in [0, 0.05) is 12.6 Å². The number of hydrogen-bond acceptors (Lipinski definition) is 3. The van der Waals surface area contributed by atoms with Gasteiger partial charge in [-0.15, -0.1) is 0 Å². The van der Waals surface area contributed by atoms with Crippen LogP contribution in [0.5, 0.6) is 0 Å². The van der Waals surface area contributed by atoms with E-state index in [1.807, 2.05) is 0 Å². The molecule has 84 valence electrons. The zero-order chi connectivity index (χ0) is 10.4. The molecular formula is C11H24N2O. The number of nitrogens with zero attached hydrogens (tertiary/aromatic N) is 1. The number of rotatable bonds is 5. The van der Waals surface area contributed by atoms with Crippen molar-refractivity contribution < 1.29 is 5.11 Å². The van der Waals surface area contributed by atoms with Crippen molar-refractivity contribution >= 4 is 0 Å². The molecule has 0 aliphatic carbocycles. The van der Waals surface area contributed by atoms with E-state index in [0.717, 1.165) is 12.5 Å². The van der Waals surface area contributed by atoms with Gasteiger partial charge in [0.05, 0.1) is 6.61 Å². The maximum atomic E-state index is 8.72. The third-order valence-electron chi connectivity index (χ3n) is 3.36. The lowest BCUT2D eigenvalue weighted by Gasteiger charge is -2.34. The largest absolute Gasteiger partial charge is 0.395 e. The summed E-state index contributed by atoms with van der Waals surface area (Å²) in [7, 11) is 0. The SMILES string of the molecule is CCN1CCC(C(C)NCCO)CC1. The van der Waals surface area contributed by atoms with E-state index in [-0.39, 0.29) is 6.61 Å². The molecular weight excluding hydrogens is 176 g/mol. The summed E-state index contributed by atoms with van der Waals surface area (Å²) in [6.07, 6.45) is 2.60. The molecule has 0 radical (unpaired) electrons. The fraction of sp³-hybridized carbons (Fsp3) is 1.00. The molecule has 1 atom stereocenters. The van der Waals surface area contributed by atoms with Crippen LogP contribution in [-0.4, -0.2) is 48.8 Å². The highest BCUT2D eigenvalue weighted by Gasteiger charge is 2.22. The Hall–Kier alpha value is -0.120. The first-order valence-corrected chi connectivity index (χ1v) is 5.84. The van der Waals surface area contributed by atoms with Gasteiger partial charge >= 0.3 is 0 Å². The second kappa shape index (κ2) is 6.38. The summed E-state index contributed by atoms with van der Waals surface area (Å²) in [4.78, 5) is 2.51. The van der Waals surface area contributed by atoms with E-state index in [2.05, 4.69) is 24.1 Å². The van der Waals surface area contributed by atoms with Crippen LogP contribution in [0.15, 0.2) is 0 Å². The number of aliphatic hydroxyl groups is 1. The van der Waals surface area contributed by atoms with Crippen molar-refractivity contribution in [2.75, 3.05) is 32.8 Å². The number of piperidine rings is 1. The number of nitrogens with one attached hydrogen (secondary N) is 1. The van der Waals surface area contributed by atoms with Crippen LogP contribution in [0.1, 0.15) is 26.7 Å². The first-order chi connectivity index (χ1) is 6.77. The molecule has 1 fully saturated rings. The quantitative estimate of drug-likeness (QED) is 0.685. The second-order valence-corrected chi connectivity index (χ2v) is 4.24. The van der Waals surface area contributed by atoms with Gasteiger partial charge in [-0.05, 0) is 45.3 Å². The summed E-state index contributed by atoms with van der Waals surface area (Å²) in [5.74, 6) is 0.796. The average molecular weight is 200 g/mol. The van der Waals surface area contributed by atoms with Gasteiger partial charge in [-0.3, -0.25) is 0 Å². The van der Waals surface area contributed by atoms with Gasteiger partial charge in [0.25, 0.3) is 0 Å². The van der Waals surface area contributed by atoms with Gasteiger partial charge in [0.1, 0.15) is 0 Å². The minimum Gasteiger partial charge on any atom is -0.395 e. The third kappa shape index (κ3) is 3.56. The standard InChI is InChI=1S/C11H24N2O/c1-3-13-7-4-11(5-8-13)10(2)12-6-9-14/h10-12,14H,3-9H2,1-2H3. The molecule has 14 heavy (non-hydrogen) atoms. The van der Waals surface area contributed by atoms with Crippen molar-refractivity contribution in [1.29, 1.82) is 0 Å². The van der Waals surface area contributed by atoms with Crippen molar-refractivity contribution in [3.05, 3.63) is 0 Å². The smallest absolute Gasteiger partial charge is 0.0556 e. The van der Waals surface area contributed by atoms with E-state index in [1.54, 1.807) is 0 Å². The lowest BCUT2D eigenvalue weighted by Crippen LogP contribution is -2.42. The Morgan fingerprint density at radius 2 is 2.07 bits per heavy atom. The summed E-state index contributed by atoms with van der Waals surface area (Å²) in [6.45, 7) is 9.12. The molecule has 3 nitrogen and oxygen atoms in total. The minimum atomic E-state index is 0.248. The van der Waals surface area contributed by atoms with Crippen molar-refractivity contribution in [1.82, 2.24) is 10.2 Å². The van der Waals surface area contributed by atoms with Crippen molar-refractivity contribution in [2.45, 2.75) is 32.7 Å². The average Bonchev–Trinajstić information content (AvgIpc) is 2.26. The molecule has 1 heterocycles. The predicted octanol–water partition coefficient (Wildman–Crippen LogP) is 0.689. The third-order valence-corrected chi connectivity index (χ3v) is 3.36. The maximum absolute atomic E-state index is 8.72. The van der Waals surface area contributed by atoms with Crippen LogP contribution in [0.25, 0.3) is 0 Å².